The predicted molar refractivity (Wildman–Crippen MR) is 144 cm³/mol. The fraction of sp³-hybridized carbons (Fsp3) is 0.500. The summed E-state index contributed by atoms with van der Waals surface area (Å²) in [5.74, 6) is -0.206. The second-order valence-electron chi connectivity index (χ2n) is 10.2. The summed E-state index contributed by atoms with van der Waals surface area (Å²) in [7, 11) is 0. The van der Waals surface area contributed by atoms with E-state index >= 15 is 0 Å². The van der Waals surface area contributed by atoms with E-state index in [1.807, 2.05) is 6.08 Å². The van der Waals surface area contributed by atoms with Gasteiger partial charge in [-0.05, 0) is 36.3 Å². The molecular weight excluding hydrogens is 436 g/mol. The fourth-order valence-corrected chi connectivity index (χ4v) is 5.09. The molecule has 188 valence electrons. The first kappa shape index (κ1) is 26.7. The number of ketones is 1. The zero-order valence-electron chi connectivity index (χ0n) is 21.6. The lowest BCUT2D eigenvalue weighted by molar-refractivity contribution is -0.419. The summed E-state index contributed by atoms with van der Waals surface area (Å²) in [6, 6.07) is 8.49. The van der Waals surface area contributed by atoms with Crippen molar-refractivity contribution in [3.05, 3.63) is 87.3 Å². The normalized spacial score (nSPS) is 18.9. The van der Waals surface area contributed by atoms with Crippen LogP contribution in [-0.2, 0) is 10.2 Å². The third-order valence-electron chi connectivity index (χ3n) is 7.16. The first-order chi connectivity index (χ1) is 16.9. The number of unbranched alkanes of at least 4 members (excludes halogenated alkanes) is 9. The summed E-state index contributed by atoms with van der Waals surface area (Å²) in [6.45, 7) is 7.59. The molecule has 0 unspecified atom stereocenters. The van der Waals surface area contributed by atoms with Crippen LogP contribution in [0, 0.1) is 10.1 Å². The molecule has 0 N–H and O–H groups in total. The number of allylic oxidation sites excluding steroid dienone is 7. The summed E-state index contributed by atoms with van der Waals surface area (Å²) in [4.78, 5) is 25.4. The van der Waals surface area contributed by atoms with E-state index in [0.717, 1.165) is 18.7 Å². The molecule has 0 saturated carbocycles. The predicted octanol–water partition coefficient (Wildman–Crippen LogP) is 7.81. The average molecular weight is 477 g/mol. The lowest BCUT2D eigenvalue weighted by Gasteiger charge is -2.27. The molecule has 1 aromatic carbocycles. The van der Waals surface area contributed by atoms with Gasteiger partial charge in [0.2, 0.25) is 0 Å². The molecule has 1 aliphatic heterocycles. The molecule has 0 radical (unpaired) electrons. The van der Waals surface area contributed by atoms with Crippen LogP contribution in [0.5, 0.6) is 0 Å². The van der Waals surface area contributed by atoms with Crippen molar-refractivity contribution in [2.24, 2.45) is 0 Å². The maximum absolute atomic E-state index is 12.3. The zero-order valence-corrected chi connectivity index (χ0v) is 21.6. The first-order valence-corrected chi connectivity index (χ1v) is 13.2. The Hall–Kier alpha value is -2.95. The Kier molecular flexibility index (Phi) is 9.64. The highest BCUT2D eigenvalue weighted by atomic mass is 16.6. The number of rotatable bonds is 13. The van der Waals surface area contributed by atoms with E-state index in [1.165, 1.54) is 87.3 Å². The van der Waals surface area contributed by atoms with Gasteiger partial charge in [0.1, 0.15) is 0 Å². The lowest BCUT2D eigenvalue weighted by atomic mass is 9.83. The highest BCUT2D eigenvalue weighted by molar-refractivity contribution is 6.07. The molecule has 2 aliphatic rings. The van der Waals surface area contributed by atoms with Crippen molar-refractivity contribution >= 4 is 11.5 Å². The highest BCUT2D eigenvalue weighted by Gasteiger charge is 2.39. The number of benzene rings is 1. The van der Waals surface area contributed by atoms with Crippen molar-refractivity contribution in [2.75, 3.05) is 11.4 Å². The highest BCUT2D eigenvalue weighted by Crippen LogP contribution is 2.47. The molecule has 0 amide bonds. The van der Waals surface area contributed by atoms with Crippen LogP contribution < -0.4 is 4.90 Å². The Morgan fingerprint density at radius 3 is 2.20 bits per heavy atom. The van der Waals surface area contributed by atoms with E-state index in [0.29, 0.717) is 5.57 Å². The van der Waals surface area contributed by atoms with Gasteiger partial charge in [-0.3, -0.25) is 14.9 Å². The maximum Gasteiger partial charge on any atom is 0.270 e. The minimum Gasteiger partial charge on any atom is -0.344 e. The van der Waals surface area contributed by atoms with E-state index in [-0.39, 0.29) is 16.9 Å². The third-order valence-corrected chi connectivity index (χ3v) is 7.16. The summed E-state index contributed by atoms with van der Waals surface area (Å²) >= 11 is 0. The minimum absolute atomic E-state index is 0.0644. The van der Waals surface area contributed by atoms with Gasteiger partial charge in [0, 0.05) is 41.1 Å². The van der Waals surface area contributed by atoms with E-state index in [9.17, 15) is 14.9 Å². The van der Waals surface area contributed by atoms with Crippen LogP contribution in [-0.4, -0.2) is 17.3 Å². The summed E-state index contributed by atoms with van der Waals surface area (Å²) in [5.41, 5.74) is 3.68. The SMILES string of the molecule is CCCCCCCCCCCCN1C(=CC=C2C=C([N+](=O)[O-])C=CC2=O)C(C)(C)c2ccccc21. The summed E-state index contributed by atoms with van der Waals surface area (Å²) < 4.78 is 0. The standard InChI is InChI=1S/C30H40N2O3/c1-4-5-6-7-8-9-10-11-12-15-22-31-27-17-14-13-16-26(27)30(2,3)29(31)21-18-24-23-25(32(34)35)19-20-28(24)33/h13-14,16-21,23H,4-12,15,22H2,1-3H3. The molecule has 1 heterocycles. The molecule has 1 aromatic rings. The van der Waals surface area contributed by atoms with Crippen LogP contribution in [0.4, 0.5) is 5.69 Å². The van der Waals surface area contributed by atoms with Crippen molar-refractivity contribution in [1.82, 2.24) is 0 Å². The molecular formula is C30H40N2O3. The van der Waals surface area contributed by atoms with Crippen molar-refractivity contribution in [3.63, 3.8) is 0 Å². The van der Waals surface area contributed by atoms with E-state index in [4.69, 9.17) is 0 Å². The number of nitrogens with zero attached hydrogens (tertiary/aromatic N) is 2. The lowest BCUT2D eigenvalue weighted by Crippen LogP contribution is -2.27. The average Bonchev–Trinajstić information content (AvgIpc) is 3.05. The second-order valence-corrected chi connectivity index (χ2v) is 10.2. The quantitative estimate of drug-likeness (QED) is 0.126. The van der Waals surface area contributed by atoms with E-state index < -0.39 is 4.92 Å². The Labute approximate surface area is 210 Å². The van der Waals surface area contributed by atoms with Gasteiger partial charge in [0.25, 0.3) is 5.70 Å². The number of hydrogen-bond donors (Lipinski definition) is 0. The molecule has 5 nitrogen and oxygen atoms in total. The van der Waals surface area contributed by atoms with Crippen LogP contribution in [0.25, 0.3) is 0 Å². The van der Waals surface area contributed by atoms with Crippen LogP contribution in [0.15, 0.2) is 71.6 Å². The van der Waals surface area contributed by atoms with Gasteiger partial charge in [-0.25, -0.2) is 0 Å². The molecule has 0 atom stereocenters. The van der Waals surface area contributed by atoms with Gasteiger partial charge in [-0.1, -0.05) is 96.8 Å². The monoisotopic (exact) mass is 476 g/mol. The number of anilines is 1. The molecule has 0 saturated heterocycles. The van der Waals surface area contributed by atoms with Gasteiger partial charge < -0.3 is 4.90 Å². The van der Waals surface area contributed by atoms with Crippen LogP contribution in [0.1, 0.15) is 90.5 Å². The molecule has 0 aromatic heterocycles. The third kappa shape index (κ3) is 6.81. The van der Waals surface area contributed by atoms with Gasteiger partial charge in [0.05, 0.1) is 4.92 Å². The molecule has 3 rings (SSSR count). The molecule has 35 heavy (non-hydrogen) atoms. The first-order valence-electron chi connectivity index (χ1n) is 13.2. The molecule has 5 heteroatoms. The molecule has 0 bridgehead atoms. The number of nitro groups is 1. The van der Waals surface area contributed by atoms with Gasteiger partial charge in [0.15, 0.2) is 5.78 Å². The van der Waals surface area contributed by atoms with Crippen molar-refractivity contribution in [3.8, 4) is 0 Å². The van der Waals surface area contributed by atoms with Crippen LogP contribution in [0.3, 0.4) is 0 Å². The summed E-state index contributed by atoms with van der Waals surface area (Å²) in [6.07, 6.45) is 20.6. The number of para-hydroxylation sites is 1. The second kappa shape index (κ2) is 12.7. The van der Waals surface area contributed by atoms with Gasteiger partial charge >= 0.3 is 0 Å². The topological polar surface area (TPSA) is 63.4 Å². The maximum atomic E-state index is 12.3. The van der Waals surface area contributed by atoms with E-state index in [2.05, 4.69) is 49.9 Å². The number of hydrogen-bond acceptors (Lipinski definition) is 4. The fourth-order valence-electron chi connectivity index (χ4n) is 5.09. The number of fused-ring (bicyclic) bond motifs is 1. The minimum atomic E-state index is -0.462. The van der Waals surface area contributed by atoms with Crippen molar-refractivity contribution < 1.29 is 9.72 Å². The van der Waals surface area contributed by atoms with Crippen molar-refractivity contribution in [2.45, 2.75) is 90.4 Å². The largest absolute Gasteiger partial charge is 0.344 e. The van der Waals surface area contributed by atoms with Gasteiger partial charge in [-0.15, -0.1) is 0 Å². The van der Waals surface area contributed by atoms with Crippen LogP contribution in [0.2, 0.25) is 0 Å². The number of carbonyl (C=O) groups excluding carboxylic acids is 1. The Morgan fingerprint density at radius 2 is 1.54 bits per heavy atom. The number of carbonyl (C=O) groups is 1. The molecule has 0 spiro atoms. The van der Waals surface area contributed by atoms with Crippen molar-refractivity contribution in [1.29, 1.82) is 0 Å². The zero-order chi connectivity index (χ0) is 25.3. The summed E-state index contributed by atoms with van der Waals surface area (Å²) in [5, 5.41) is 11.2. The Bertz CT molecular complexity index is 1030. The van der Waals surface area contributed by atoms with Gasteiger partial charge in [-0.2, -0.15) is 0 Å². The van der Waals surface area contributed by atoms with Crippen LogP contribution >= 0.6 is 0 Å². The molecule has 1 aliphatic carbocycles. The Balaban J connectivity index is 1.68. The van der Waals surface area contributed by atoms with E-state index in [1.54, 1.807) is 6.08 Å². The molecule has 0 fully saturated rings. The Morgan fingerprint density at radius 1 is 0.914 bits per heavy atom. The smallest absolute Gasteiger partial charge is 0.270 e.